The van der Waals surface area contributed by atoms with E-state index in [2.05, 4.69) is 0 Å². The molecule has 0 unspecified atom stereocenters. The number of nitrogen functional groups attached to an aromatic ring is 1. The van der Waals surface area contributed by atoms with Crippen LogP contribution in [-0.2, 0) is 16.6 Å². The van der Waals surface area contributed by atoms with Crippen LogP contribution in [0.3, 0.4) is 0 Å². The van der Waals surface area contributed by atoms with Crippen molar-refractivity contribution >= 4 is 38.4 Å². The van der Waals surface area contributed by atoms with E-state index < -0.39 is 10.0 Å². The first-order chi connectivity index (χ1) is 9.07. The van der Waals surface area contributed by atoms with E-state index in [9.17, 15) is 8.42 Å². The minimum absolute atomic E-state index is 0.149. The van der Waals surface area contributed by atoms with Crippen LogP contribution in [0.5, 0.6) is 0 Å². The molecule has 3 rings (SSSR count). The normalized spacial score (nSPS) is 16.1. The predicted octanol–water partition coefficient (Wildman–Crippen LogP) is 2.75. The molecule has 0 aliphatic heterocycles. The fraction of sp³-hybridized carbons (Fsp3) is 0.333. The van der Waals surface area contributed by atoms with Crippen molar-refractivity contribution in [2.75, 3.05) is 5.73 Å². The van der Waals surface area contributed by atoms with Crippen LogP contribution in [0.2, 0.25) is 0 Å². The van der Waals surface area contributed by atoms with Crippen LogP contribution in [0.4, 0.5) is 5.69 Å². The van der Waals surface area contributed by atoms with E-state index >= 15 is 0 Å². The third kappa shape index (κ3) is 2.69. The topological polar surface area (TPSA) is 63.4 Å². The summed E-state index contributed by atoms with van der Waals surface area (Å²) in [6, 6.07) is 5.61. The first-order valence-corrected chi connectivity index (χ1v) is 9.15. The van der Waals surface area contributed by atoms with Crippen LogP contribution in [0.25, 0.3) is 0 Å². The van der Waals surface area contributed by atoms with Crippen molar-refractivity contribution in [3.63, 3.8) is 0 Å². The summed E-state index contributed by atoms with van der Waals surface area (Å²) in [5, 5.41) is 3.64. The fourth-order valence-electron chi connectivity index (χ4n) is 1.91. The molecular weight excluding hydrogens is 300 g/mol. The lowest BCUT2D eigenvalue weighted by atomic mass is 10.4. The van der Waals surface area contributed by atoms with Crippen molar-refractivity contribution in [1.29, 1.82) is 0 Å². The highest BCUT2D eigenvalue weighted by atomic mass is 32.2. The molecule has 2 heterocycles. The number of thiophene rings is 2. The van der Waals surface area contributed by atoms with E-state index in [1.165, 1.54) is 11.3 Å². The van der Waals surface area contributed by atoms with Gasteiger partial charge in [0.05, 0.1) is 0 Å². The molecule has 2 aromatic heterocycles. The Bertz CT molecular complexity index is 657. The maximum absolute atomic E-state index is 12.6. The smallest absolute Gasteiger partial charge is 0.253 e. The molecule has 0 radical (unpaired) electrons. The largest absolute Gasteiger partial charge is 0.398 e. The number of nitrogens with two attached hydrogens (primary N) is 1. The third-order valence-corrected chi connectivity index (χ3v) is 7.20. The molecule has 1 saturated carbocycles. The monoisotopic (exact) mass is 314 g/mol. The summed E-state index contributed by atoms with van der Waals surface area (Å²) < 4.78 is 27.2. The second kappa shape index (κ2) is 4.90. The van der Waals surface area contributed by atoms with Crippen LogP contribution in [0, 0.1) is 0 Å². The molecule has 1 fully saturated rings. The van der Waals surface area contributed by atoms with E-state index in [1.54, 1.807) is 27.1 Å². The van der Waals surface area contributed by atoms with Gasteiger partial charge >= 0.3 is 0 Å². The lowest BCUT2D eigenvalue weighted by Crippen LogP contribution is -2.31. The Morgan fingerprint density at radius 3 is 2.68 bits per heavy atom. The van der Waals surface area contributed by atoms with Gasteiger partial charge < -0.3 is 5.73 Å². The van der Waals surface area contributed by atoms with E-state index in [0.29, 0.717) is 16.4 Å². The molecule has 0 atom stereocenters. The van der Waals surface area contributed by atoms with Gasteiger partial charge in [0.25, 0.3) is 10.0 Å². The van der Waals surface area contributed by atoms with Crippen LogP contribution < -0.4 is 5.73 Å². The van der Waals surface area contributed by atoms with Gasteiger partial charge in [0.1, 0.15) is 4.21 Å². The van der Waals surface area contributed by atoms with Crippen molar-refractivity contribution in [2.24, 2.45) is 0 Å². The lowest BCUT2D eigenvalue weighted by molar-refractivity contribution is 0.403. The Labute approximate surface area is 120 Å². The van der Waals surface area contributed by atoms with Crippen molar-refractivity contribution in [2.45, 2.75) is 29.6 Å². The minimum Gasteiger partial charge on any atom is -0.398 e. The summed E-state index contributed by atoms with van der Waals surface area (Å²) in [5.41, 5.74) is 6.14. The van der Waals surface area contributed by atoms with Crippen molar-refractivity contribution in [3.05, 3.63) is 33.8 Å². The standard InChI is InChI=1S/C12H14N2O2S3/c13-9-6-12(18-8-9)19(15,16)14(10-3-4-10)7-11-2-1-5-17-11/h1-2,5-6,8,10H,3-4,7,13H2. The summed E-state index contributed by atoms with van der Waals surface area (Å²) in [4.78, 5) is 1.07. The Hall–Kier alpha value is -0.890. The molecule has 2 aromatic rings. The number of rotatable bonds is 5. The van der Waals surface area contributed by atoms with E-state index in [1.807, 2.05) is 17.5 Å². The number of anilines is 1. The van der Waals surface area contributed by atoms with Gasteiger partial charge in [-0.1, -0.05) is 6.07 Å². The minimum atomic E-state index is -3.41. The van der Waals surface area contributed by atoms with Gasteiger partial charge in [-0.2, -0.15) is 4.31 Å². The first kappa shape index (κ1) is 13.1. The summed E-state index contributed by atoms with van der Waals surface area (Å²) in [7, 11) is -3.41. The third-order valence-electron chi connectivity index (χ3n) is 3.00. The average Bonchev–Trinajstić information content (AvgIpc) is 2.88. The molecule has 0 bridgehead atoms. The quantitative estimate of drug-likeness (QED) is 0.923. The molecule has 0 spiro atoms. The van der Waals surface area contributed by atoms with Gasteiger partial charge in [0.15, 0.2) is 0 Å². The molecule has 0 aromatic carbocycles. The predicted molar refractivity (Wildman–Crippen MR) is 78.8 cm³/mol. The number of sulfonamides is 1. The second-order valence-corrected chi connectivity index (χ2v) is 8.62. The van der Waals surface area contributed by atoms with Crippen LogP contribution >= 0.6 is 22.7 Å². The Morgan fingerprint density at radius 1 is 1.37 bits per heavy atom. The Balaban J connectivity index is 1.91. The van der Waals surface area contributed by atoms with Crippen LogP contribution in [0.1, 0.15) is 17.7 Å². The zero-order valence-electron chi connectivity index (χ0n) is 10.2. The van der Waals surface area contributed by atoms with Crippen molar-refractivity contribution < 1.29 is 8.42 Å². The zero-order valence-corrected chi connectivity index (χ0v) is 12.6. The van der Waals surface area contributed by atoms with Gasteiger partial charge in [-0.15, -0.1) is 22.7 Å². The molecule has 0 saturated heterocycles. The second-order valence-electron chi connectivity index (χ2n) is 4.56. The molecule has 1 aliphatic carbocycles. The highest BCUT2D eigenvalue weighted by Crippen LogP contribution is 2.36. The molecule has 102 valence electrons. The average molecular weight is 314 g/mol. The van der Waals surface area contributed by atoms with Crippen LogP contribution in [-0.4, -0.2) is 18.8 Å². The molecule has 2 N–H and O–H groups in total. The Morgan fingerprint density at radius 2 is 2.16 bits per heavy atom. The highest BCUT2D eigenvalue weighted by Gasteiger charge is 2.38. The maximum Gasteiger partial charge on any atom is 0.253 e. The number of nitrogens with zero attached hydrogens (tertiary/aromatic N) is 1. The van der Waals surface area contributed by atoms with Gasteiger partial charge in [0, 0.05) is 28.5 Å². The van der Waals surface area contributed by atoms with Crippen LogP contribution in [0.15, 0.2) is 33.2 Å². The number of hydrogen-bond acceptors (Lipinski definition) is 5. The molecular formula is C12H14N2O2S3. The van der Waals surface area contributed by atoms with Gasteiger partial charge in [-0.3, -0.25) is 0 Å². The van der Waals surface area contributed by atoms with E-state index in [4.69, 9.17) is 5.73 Å². The summed E-state index contributed by atoms with van der Waals surface area (Å²) in [5.74, 6) is 0. The van der Waals surface area contributed by atoms with Gasteiger partial charge in [0.2, 0.25) is 0 Å². The highest BCUT2D eigenvalue weighted by molar-refractivity contribution is 7.91. The maximum atomic E-state index is 12.6. The molecule has 4 nitrogen and oxygen atoms in total. The van der Waals surface area contributed by atoms with Crippen molar-refractivity contribution in [3.8, 4) is 0 Å². The van der Waals surface area contributed by atoms with Gasteiger partial charge in [-0.05, 0) is 30.4 Å². The summed E-state index contributed by atoms with van der Waals surface area (Å²) >= 11 is 2.78. The van der Waals surface area contributed by atoms with Crippen molar-refractivity contribution in [1.82, 2.24) is 4.31 Å². The molecule has 19 heavy (non-hydrogen) atoms. The SMILES string of the molecule is Nc1csc(S(=O)(=O)N(Cc2cccs2)C2CC2)c1. The van der Waals surface area contributed by atoms with E-state index in [-0.39, 0.29) is 6.04 Å². The zero-order chi connectivity index (χ0) is 13.5. The fourth-order valence-corrected chi connectivity index (χ4v) is 5.57. The molecule has 0 amide bonds. The van der Waals surface area contributed by atoms with Gasteiger partial charge in [-0.25, -0.2) is 8.42 Å². The Kier molecular flexibility index (Phi) is 3.38. The summed E-state index contributed by atoms with van der Waals surface area (Å²) in [6.07, 6.45) is 1.90. The number of hydrogen-bond donors (Lipinski definition) is 1. The molecule has 7 heteroatoms. The first-order valence-electron chi connectivity index (χ1n) is 5.95. The summed E-state index contributed by atoms with van der Waals surface area (Å²) in [6.45, 7) is 0.461. The molecule has 1 aliphatic rings. The van der Waals surface area contributed by atoms with E-state index in [0.717, 1.165) is 17.7 Å². The lowest BCUT2D eigenvalue weighted by Gasteiger charge is -2.20.